The average molecular weight is 397 g/mol. The number of nitrogens with zero attached hydrogens (tertiary/aromatic N) is 2. The number of carbonyl (C=O) groups excluding carboxylic acids is 1. The van der Waals surface area contributed by atoms with E-state index in [1.54, 1.807) is 12.3 Å². The van der Waals surface area contributed by atoms with Crippen LogP contribution in [-0.2, 0) is 4.79 Å². The first kappa shape index (κ1) is 18.1. The van der Waals surface area contributed by atoms with E-state index in [-0.39, 0.29) is 17.5 Å². The number of nitrogens with one attached hydrogen (secondary N) is 1. The molecule has 5 rings (SSSR count). The summed E-state index contributed by atoms with van der Waals surface area (Å²) in [6.07, 6.45) is 1.97. The first-order valence-corrected chi connectivity index (χ1v) is 9.75. The number of aromatic nitrogens is 1. The lowest BCUT2D eigenvalue weighted by Crippen LogP contribution is -2.23. The number of carbonyl (C=O) groups is 1. The van der Waals surface area contributed by atoms with E-state index in [4.69, 9.17) is 4.42 Å². The zero-order valence-electron chi connectivity index (χ0n) is 16.3. The van der Waals surface area contributed by atoms with Gasteiger partial charge in [0.15, 0.2) is 0 Å². The van der Waals surface area contributed by atoms with Gasteiger partial charge in [0, 0.05) is 29.8 Å². The number of H-pyrrole nitrogens is 1. The van der Waals surface area contributed by atoms with Crippen molar-refractivity contribution in [3.05, 3.63) is 94.7 Å². The van der Waals surface area contributed by atoms with Gasteiger partial charge in [0.05, 0.1) is 17.5 Å². The lowest BCUT2D eigenvalue weighted by molar-refractivity contribution is -0.130. The highest BCUT2D eigenvalue weighted by Crippen LogP contribution is 2.36. The van der Waals surface area contributed by atoms with Crippen LogP contribution in [0.25, 0.3) is 22.0 Å². The summed E-state index contributed by atoms with van der Waals surface area (Å²) in [5, 5.41) is 6.90. The van der Waals surface area contributed by atoms with Crippen LogP contribution in [0.2, 0.25) is 0 Å². The van der Waals surface area contributed by atoms with Gasteiger partial charge in [-0.2, -0.15) is 5.10 Å². The number of hydrogen-bond donors (Lipinski definition) is 1. The zero-order valence-corrected chi connectivity index (χ0v) is 16.3. The lowest BCUT2D eigenvalue weighted by Gasteiger charge is -2.17. The molecule has 3 heterocycles. The summed E-state index contributed by atoms with van der Waals surface area (Å²) < 4.78 is 5.54. The number of amides is 1. The number of para-hydroxylation sites is 1. The molecule has 1 aliphatic heterocycles. The molecule has 0 aliphatic carbocycles. The Labute approximate surface area is 172 Å². The molecule has 0 saturated heterocycles. The first-order valence-electron chi connectivity index (χ1n) is 9.75. The molecule has 2 aromatic carbocycles. The molecule has 1 N–H and O–H groups in total. The fourth-order valence-electron chi connectivity index (χ4n) is 4.08. The van der Waals surface area contributed by atoms with Crippen molar-refractivity contribution in [1.82, 2.24) is 9.99 Å². The van der Waals surface area contributed by atoms with E-state index in [0.717, 1.165) is 22.0 Å². The minimum atomic E-state index is -0.373. The van der Waals surface area contributed by atoms with Crippen LogP contribution in [0.5, 0.6) is 0 Å². The van der Waals surface area contributed by atoms with Gasteiger partial charge in [-0.25, -0.2) is 5.01 Å². The van der Waals surface area contributed by atoms with E-state index >= 15 is 0 Å². The fourth-order valence-corrected chi connectivity index (χ4v) is 4.08. The van der Waals surface area contributed by atoms with Gasteiger partial charge < -0.3 is 9.40 Å². The second-order valence-electron chi connectivity index (χ2n) is 7.26. The summed E-state index contributed by atoms with van der Waals surface area (Å²) in [5.74, 6) is 0.437. The van der Waals surface area contributed by atoms with Crippen molar-refractivity contribution in [2.24, 2.45) is 5.10 Å². The molecule has 1 aliphatic rings. The Balaban J connectivity index is 1.75. The zero-order chi connectivity index (χ0) is 20.7. The monoisotopic (exact) mass is 397 g/mol. The molecule has 2 aromatic heterocycles. The average Bonchev–Trinajstić information content (AvgIpc) is 3.43. The number of fused-ring (bicyclic) bond motifs is 1. The number of furan rings is 1. The third-order valence-corrected chi connectivity index (χ3v) is 5.38. The van der Waals surface area contributed by atoms with Crippen molar-refractivity contribution in [3.63, 3.8) is 0 Å². The maximum Gasteiger partial charge on any atom is 0.258 e. The van der Waals surface area contributed by atoms with Crippen molar-refractivity contribution >= 4 is 22.5 Å². The van der Waals surface area contributed by atoms with Crippen LogP contribution in [0.3, 0.4) is 0 Å². The lowest BCUT2D eigenvalue weighted by atomic mass is 9.92. The van der Waals surface area contributed by atoms with E-state index < -0.39 is 0 Å². The molecule has 4 aromatic rings. The maximum atomic E-state index is 13.2. The first-order chi connectivity index (χ1) is 14.6. The second-order valence-corrected chi connectivity index (χ2v) is 7.26. The molecule has 0 saturated carbocycles. The van der Waals surface area contributed by atoms with E-state index in [2.05, 4.69) is 10.1 Å². The SMILES string of the molecule is CC(=O)N1N=C(c2c(-c3ccccc3)c3ccccc3[nH]c2=O)C[C@@H]1c1ccco1. The van der Waals surface area contributed by atoms with E-state index in [1.165, 1.54) is 11.9 Å². The molecule has 0 spiro atoms. The molecule has 0 bridgehead atoms. The third-order valence-electron chi connectivity index (χ3n) is 5.38. The minimum absolute atomic E-state index is 0.204. The van der Waals surface area contributed by atoms with Gasteiger partial charge in [0.2, 0.25) is 5.91 Å². The van der Waals surface area contributed by atoms with Crippen molar-refractivity contribution in [1.29, 1.82) is 0 Å². The molecule has 30 heavy (non-hydrogen) atoms. The van der Waals surface area contributed by atoms with Crippen LogP contribution in [0.4, 0.5) is 0 Å². The summed E-state index contributed by atoms with van der Waals surface area (Å²) in [4.78, 5) is 28.5. The number of aromatic amines is 1. The van der Waals surface area contributed by atoms with Crippen LogP contribution in [-0.4, -0.2) is 21.6 Å². The molecule has 0 radical (unpaired) electrons. The third kappa shape index (κ3) is 2.93. The Morgan fingerprint density at radius 3 is 2.53 bits per heavy atom. The Morgan fingerprint density at radius 1 is 1.03 bits per heavy atom. The highest BCUT2D eigenvalue weighted by atomic mass is 16.3. The predicted molar refractivity (Wildman–Crippen MR) is 115 cm³/mol. The summed E-state index contributed by atoms with van der Waals surface area (Å²) in [6.45, 7) is 1.46. The maximum absolute atomic E-state index is 13.2. The predicted octanol–water partition coefficient (Wildman–Crippen LogP) is 4.49. The van der Waals surface area contributed by atoms with E-state index in [9.17, 15) is 9.59 Å². The summed E-state index contributed by atoms with van der Waals surface area (Å²) in [6, 6.07) is 20.7. The summed E-state index contributed by atoms with van der Waals surface area (Å²) >= 11 is 0. The highest BCUT2D eigenvalue weighted by molar-refractivity contribution is 6.12. The molecular weight excluding hydrogens is 378 g/mol. The Hall–Kier alpha value is -3.93. The van der Waals surface area contributed by atoms with Crippen LogP contribution >= 0.6 is 0 Å². The van der Waals surface area contributed by atoms with Gasteiger partial charge >= 0.3 is 0 Å². The second kappa shape index (κ2) is 7.15. The van der Waals surface area contributed by atoms with Crippen molar-refractivity contribution in [2.75, 3.05) is 0 Å². The summed E-state index contributed by atoms with van der Waals surface area (Å²) in [5.41, 5.74) is 3.33. The number of hydrogen-bond acceptors (Lipinski definition) is 4. The normalized spacial score (nSPS) is 16.1. The molecule has 6 heteroatoms. The number of benzene rings is 2. The molecule has 148 valence electrons. The van der Waals surface area contributed by atoms with Crippen molar-refractivity contribution < 1.29 is 9.21 Å². The van der Waals surface area contributed by atoms with Crippen LogP contribution < -0.4 is 5.56 Å². The highest BCUT2D eigenvalue weighted by Gasteiger charge is 2.35. The molecule has 1 atom stereocenters. The van der Waals surface area contributed by atoms with Gasteiger partial charge in [-0.1, -0.05) is 48.5 Å². The fraction of sp³-hybridized carbons (Fsp3) is 0.125. The van der Waals surface area contributed by atoms with Crippen LogP contribution in [0.1, 0.15) is 30.7 Å². The molecule has 0 unspecified atom stereocenters. The van der Waals surface area contributed by atoms with Gasteiger partial charge in [-0.15, -0.1) is 0 Å². The summed E-state index contributed by atoms with van der Waals surface area (Å²) in [7, 11) is 0. The number of rotatable bonds is 3. The quantitative estimate of drug-likeness (QED) is 0.553. The van der Waals surface area contributed by atoms with Gasteiger partial charge in [-0.05, 0) is 23.8 Å². The van der Waals surface area contributed by atoms with Crippen LogP contribution in [0, 0.1) is 0 Å². The molecular formula is C24H19N3O3. The standard InChI is InChI=1S/C24H19N3O3/c1-15(28)27-20(21-12-7-13-30-21)14-19(26-27)23-22(16-8-3-2-4-9-16)17-10-5-6-11-18(17)25-24(23)29/h2-13,20H,14H2,1H3,(H,25,29)/t20-/m1/s1. The van der Waals surface area contributed by atoms with E-state index in [1.807, 2.05) is 60.7 Å². The molecule has 6 nitrogen and oxygen atoms in total. The van der Waals surface area contributed by atoms with Gasteiger partial charge in [0.1, 0.15) is 11.8 Å². The molecule has 1 amide bonds. The Bertz CT molecular complexity index is 1320. The molecule has 0 fully saturated rings. The Kier molecular flexibility index (Phi) is 4.32. The van der Waals surface area contributed by atoms with Crippen LogP contribution in [0.15, 0.2) is 87.3 Å². The number of hydrazone groups is 1. The van der Waals surface area contributed by atoms with Crippen molar-refractivity contribution in [3.8, 4) is 11.1 Å². The smallest absolute Gasteiger partial charge is 0.258 e. The number of pyridine rings is 1. The topological polar surface area (TPSA) is 78.7 Å². The Morgan fingerprint density at radius 2 is 1.80 bits per heavy atom. The van der Waals surface area contributed by atoms with E-state index in [0.29, 0.717) is 23.5 Å². The largest absolute Gasteiger partial charge is 0.467 e. The van der Waals surface area contributed by atoms with Crippen molar-refractivity contribution in [2.45, 2.75) is 19.4 Å². The van der Waals surface area contributed by atoms with Gasteiger partial charge in [0.25, 0.3) is 5.56 Å². The minimum Gasteiger partial charge on any atom is -0.467 e. The van der Waals surface area contributed by atoms with Gasteiger partial charge in [-0.3, -0.25) is 9.59 Å².